The van der Waals surface area contributed by atoms with Crippen molar-refractivity contribution in [2.24, 2.45) is 0 Å². The normalized spacial score (nSPS) is 11.1. The quantitative estimate of drug-likeness (QED) is 0.787. The molecule has 0 unspecified atom stereocenters. The topological polar surface area (TPSA) is 36.7 Å². The van der Waals surface area contributed by atoms with Gasteiger partial charge in [-0.25, -0.2) is 4.98 Å². The van der Waals surface area contributed by atoms with Crippen LogP contribution in [0.2, 0.25) is 0 Å². The zero-order chi connectivity index (χ0) is 11.6. The molecule has 0 fully saturated rings. The predicted molar refractivity (Wildman–Crippen MR) is 66.2 cm³/mol. The zero-order valence-electron chi connectivity index (χ0n) is 9.27. The first-order chi connectivity index (χ1) is 7.63. The average Bonchev–Trinajstić information content (AvgIpc) is 2.80. The summed E-state index contributed by atoms with van der Waals surface area (Å²) in [4.78, 5) is 4.52. The van der Waals surface area contributed by atoms with Gasteiger partial charge in [0.2, 0.25) is 0 Å². The second-order valence-corrected chi connectivity index (χ2v) is 5.00. The minimum Gasteiger partial charge on any atom is -0.240 e. The van der Waals surface area contributed by atoms with Crippen LogP contribution in [0.4, 0.5) is 0 Å². The maximum atomic E-state index is 9.04. The van der Waals surface area contributed by atoms with Crippen molar-refractivity contribution in [3.05, 3.63) is 40.7 Å². The molecule has 0 aliphatic rings. The van der Waals surface area contributed by atoms with Crippen molar-refractivity contribution in [3.8, 4) is 17.3 Å². The Balaban J connectivity index is 2.39. The molecule has 2 rings (SSSR count). The molecule has 0 aliphatic heterocycles. The smallest absolute Gasteiger partial charge is 0.113 e. The standard InChI is InChI=1S/C13H12N2S/c1-13(2,9-14)12-15-11(8-16-12)10-6-4-3-5-7-10/h3-8H,1-2H3. The van der Waals surface area contributed by atoms with Crippen LogP contribution in [0, 0.1) is 11.3 Å². The van der Waals surface area contributed by atoms with Crippen molar-refractivity contribution < 1.29 is 0 Å². The van der Waals surface area contributed by atoms with E-state index >= 15 is 0 Å². The first-order valence-electron chi connectivity index (χ1n) is 5.06. The SMILES string of the molecule is CC(C)(C#N)c1nc(-c2ccccc2)cs1. The molecular weight excluding hydrogens is 216 g/mol. The fraction of sp³-hybridized carbons (Fsp3) is 0.231. The van der Waals surface area contributed by atoms with Crippen molar-refractivity contribution in [3.63, 3.8) is 0 Å². The van der Waals surface area contributed by atoms with Crippen LogP contribution in [0.3, 0.4) is 0 Å². The van der Waals surface area contributed by atoms with Gasteiger partial charge in [-0.05, 0) is 13.8 Å². The number of aromatic nitrogens is 1. The lowest BCUT2D eigenvalue weighted by Crippen LogP contribution is -2.13. The van der Waals surface area contributed by atoms with E-state index in [1.807, 2.05) is 49.6 Å². The van der Waals surface area contributed by atoms with Gasteiger partial charge < -0.3 is 0 Å². The van der Waals surface area contributed by atoms with Gasteiger partial charge in [0, 0.05) is 10.9 Å². The van der Waals surface area contributed by atoms with Crippen molar-refractivity contribution in [1.82, 2.24) is 4.98 Å². The Kier molecular flexibility index (Phi) is 2.76. The highest BCUT2D eigenvalue weighted by Crippen LogP contribution is 2.29. The predicted octanol–water partition coefficient (Wildman–Crippen LogP) is 3.61. The van der Waals surface area contributed by atoms with E-state index < -0.39 is 5.41 Å². The van der Waals surface area contributed by atoms with Crippen molar-refractivity contribution in [2.75, 3.05) is 0 Å². The Hall–Kier alpha value is -1.66. The Morgan fingerprint density at radius 3 is 2.56 bits per heavy atom. The molecule has 0 spiro atoms. The largest absolute Gasteiger partial charge is 0.240 e. The van der Waals surface area contributed by atoms with Crippen LogP contribution in [0.25, 0.3) is 11.3 Å². The minimum atomic E-state index is -0.502. The third-order valence-corrected chi connectivity index (χ3v) is 3.55. The van der Waals surface area contributed by atoms with Gasteiger partial charge >= 0.3 is 0 Å². The van der Waals surface area contributed by atoms with Crippen molar-refractivity contribution in [1.29, 1.82) is 5.26 Å². The number of rotatable bonds is 2. The number of benzene rings is 1. The second kappa shape index (κ2) is 4.07. The third kappa shape index (κ3) is 1.98. The van der Waals surface area contributed by atoms with E-state index in [9.17, 15) is 0 Å². The van der Waals surface area contributed by atoms with Gasteiger partial charge in [-0.3, -0.25) is 0 Å². The second-order valence-electron chi connectivity index (χ2n) is 4.14. The molecule has 80 valence electrons. The summed E-state index contributed by atoms with van der Waals surface area (Å²) in [5.74, 6) is 0. The average molecular weight is 228 g/mol. The summed E-state index contributed by atoms with van der Waals surface area (Å²) >= 11 is 1.54. The summed E-state index contributed by atoms with van der Waals surface area (Å²) in [6.07, 6.45) is 0. The van der Waals surface area contributed by atoms with E-state index in [0.717, 1.165) is 16.3 Å². The molecule has 0 saturated carbocycles. The lowest BCUT2D eigenvalue weighted by molar-refractivity contribution is 0.680. The summed E-state index contributed by atoms with van der Waals surface area (Å²) < 4.78 is 0. The molecule has 0 amide bonds. The van der Waals surface area contributed by atoms with Crippen LogP contribution in [0.1, 0.15) is 18.9 Å². The lowest BCUT2D eigenvalue weighted by atomic mass is 9.97. The van der Waals surface area contributed by atoms with E-state index in [-0.39, 0.29) is 0 Å². The molecule has 1 aromatic carbocycles. The molecule has 1 aromatic heterocycles. The lowest BCUT2D eigenvalue weighted by Gasteiger charge is -2.09. The maximum absolute atomic E-state index is 9.04. The van der Waals surface area contributed by atoms with Gasteiger partial charge in [0.1, 0.15) is 10.4 Å². The number of hydrogen-bond acceptors (Lipinski definition) is 3. The van der Waals surface area contributed by atoms with Gasteiger partial charge in [0.25, 0.3) is 0 Å². The molecule has 16 heavy (non-hydrogen) atoms. The van der Waals surface area contributed by atoms with Crippen molar-refractivity contribution in [2.45, 2.75) is 19.3 Å². The van der Waals surface area contributed by atoms with Gasteiger partial charge in [0.05, 0.1) is 11.8 Å². The van der Waals surface area contributed by atoms with E-state index in [2.05, 4.69) is 11.1 Å². The Morgan fingerprint density at radius 1 is 1.25 bits per heavy atom. The fourth-order valence-corrected chi connectivity index (χ4v) is 2.25. The highest BCUT2D eigenvalue weighted by molar-refractivity contribution is 7.10. The van der Waals surface area contributed by atoms with Crippen LogP contribution in [0.5, 0.6) is 0 Å². The number of hydrogen-bond donors (Lipinski definition) is 0. The summed E-state index contributed by atoms with van der Waals surface area (Å²) in [7, 11) is 0. The van der Waals surface area contributed by atoms with E-state index in [1.165, 1.54) is 0 Å². The number of nitriles is 1. The third-order valence-electron chi connectivity index (χ3n) is 2.39. The summed E-state index contributed by atoms with van der Waals surface area (Å²) in [6, 6.07) is 12.3. The highest BCUT2D eigenvalue weighted by Gasteiger charge is 2.23. The van der Waals surface area contributed by atoms with E-state index in [1.54, 1.807) is 11.3 Å². The van der Waals surface area contributed by atoms with Gasteiger partial charge in [-0.15, -0.1) is 11.3 Å². The molecule has 0 atom stereocenters. The highest BCUT2D eigenvalue weighted by atomic mass is 32.1. The summed E-state index contributed by atoms with van der Waals surface area (Å²) in [6.45, 7) is 3.78. The number of thiazole rings is 1. The fourth-order valence-electron chi connectivity index (χ4n) is 1.35. The first-order valence-corrected chi connectivity index (χ1v) is 5.94. The summed E-state index contributed by atoms with van der Waals surface area (Å²) in [5.41, 5.74) is 1.54. The molecule has 1 heterocycles. The van der Waals surface area contributed by atoms with Crippen LogP contribution in [0.15, 0.2) is 35.7 Å². The van der Waals surface area contributed by atoms with Crippen molar-refractivity contribution >= 4 is 11.3 Å². The molecule has 0 saturated heterocycles. The minimum absolute atomic E-state index is 0.502. The molecule has 2 aromatic rings. The van der Waals surface area contributed by atoms with Gasteiger partial charge in [0.15, 0.2) is 0 Å². The molecule has 0 N–H and O–H groups in total. The molecule has 2 nitrogen and oxygen atoms in total. The van der Waals surface area contributed by atoms with Gasteiger partial charge in [-0.2, -0.15) is 5.26 Å². The Bertz CT molecular complexity index is 520. The first kappa shape index (κ1) is 10.8. The van der Waals surface area contributed by atoms with Crippen LogP contribution in [-0.2, 0) is 5.41 Å². The van der Waals surface area contributed by atoms with Crippen LogP contribution in [-0.4, -0.2) is 4.98 Å². The summed E-state index contributed by atoms with van der Waals surface area (Å²) in [5, 5.41) is 11.9. The molecule has 0 radical (unpaired) electrons. The number of nitrogens with zero attached hydrogens (tertiary/aromatic N) is 2. The monoisotopic (exact) mass is 228 g/mol. The maximum Gasteiger partial charge on any atom is 0.113 e. The van der Waals surface area contributed by atoms with Gasteiger partial charge in [-0.1, -0.05) is 30.3 Å². The van der Waals surface area contributed by atoms with E-state index in [4.69, 9.17) is 5.26 Å². The Morgan fingerprint density at radius 2 is 1.94 bits per heavy atom. The molecule has 3 heteroatoms. The van der Waals surface area contributed by atoms with E-state index in [0.29, 0.717) is 0 Å². The molecule has 0 bridgehead atoms. The van der Waals surface area contributed by atoms with Crippen LogP contribution >= 0.6 is 11.3 Å². The van der Waals surface area contributed by atoms with Crippen LogP contribution < -0.4 is 0 Å². The molecular formula is C13H12N2S. The molecule has 0 aliphatic carbocycles. The zero-order valence-corrected chi connectivity index (χ0v) is 10.1. The Labute approximate surface area is 99.2 Å².